The van der Waals surface area contributed by atoms with Crippen molar-refractivity contribution in [2.24, 2.45) is 45.1 Å². The topological polar surface area (TPSA) is 556 Å². The van der Waals surface area contributed by atoms with Crippen molar-refractivity contribution in [3.05, 3.63) is 0 Å². The molecule has 0 rings (SSSR count). The Balaban J connectivity index is 6.71. The van der Waals surface area contributed by atoms with E-state index in [1.807, 2.05) is 0 Å². The molecule has 0 aliphatic rings. The Kier molecular flexibility index (Phi) is 36.8. The predicted octanol–water partition coefficient (Wildman–Crippen LogP) is -5.90. The van der Waals surface area contributed by atoms with Crippen LogP contribution in [0.5, 0.6) is 0 Å². The number of carbonyl (C=O) groups excluding carboxylic acids is 9. The van der Waals surface area contributed by atoms with Crippen molar-refractivity contribution in [3.8, 4) is 0 Å². The SMILES string of the molecule is CSCC[C@H](NC(=O)[C@H](CCCCN)NC(=O)[C@H](CCCCN)NC(=O)[C@H](CCC(=O)O)NC(=O)[C@H](CC(N)=O)NC(=O)[C@H](CCC(=O)O)NC(=O)[C@H](C)NC(=O)[C@@H](N)CCCN=C(N)N)C(=O)N[C@@H](CCCCN)C(=O)O. The van der Waals surface area contributed by atoms with E-state index in [1.165, 1.54) is 18.7 Å². The van der Waals surface area contributed by atoms with Crippen LogP contribution in [0, 0.1) is 0 Å². The fourth-order valence-corrected chi connectivity index (χ4v) is 7.70. The molecule has 32 heteroatoms. The molecule has 9 atom stereocenters. The van der Waals surface area contributed by atoms with Gasteiger partial charge in [0, 0.05) is 19.4 Å². The maximum atomic E-state index is 14.1. The van der Waals surface area contributed by atoms with Gasteiger partial charge in [0.05, 0.1) is 12.5 Å². The van der Waals surface area contributed by atoms with E-state index in [4.69, 9.17) is 40.1 Å². The molecule has 0 spiro atoms. The molecule has 0 aliphatic heterocycles. The molecular formula is C46H84N16O15S. The van der Waals surface area contributed by atoms with Gasteiger partial charge in [-0.05, 0) is 128 Å². The molecule has 444 valence electrons. The number of hydrogen-bond donors (Lipinski definition) is 18. The minimum atomic E-state index is -1.93. The highest BCUT2D eigenvalue weighted by Gasteiger charge is 2.35. The Morgan fingerprint density at radius 3 is 1.18 bits per heavy atom. The Morgan fingerprint density at radius 2 is 0.808 bits per heavy atom. The summed E-state index contributed by atoms with van der Waals surface area (Å²) in [5.74, 6) is -13.0. The third-order valence-electron chi connectivity index (χ3n) is 11.6. The van der Waals surface area contributed by atoms with Gasteiger partial charge in [0.2, 0.25) is 53.2 Å². The number of nitrogens with two attached hydrogens (primary N) is 7. The second kappa shape index (κ2) is 40.3. The van der Waals surface area contributed by atoms with Gasteiger partial charge >= 0.3 is 17.9 Å². The summed E-state index contributed by atoms with van der Waals surface area (Å²) in [5.41, 5.74) is 38.8. The molecule has 0 saturated heterocycles. The zero-order valence-electron chi connectivity index (χ0n) is 44.4. The van der Waals surface area contributed by atoms with Crippen LogP contribution in [0.2, 0.25) is 0 Å². The third-order valence-corrected chi connectivity index (χ3v) is 12.3. The molecule has 25 N–H and O–H groups in total. The second-order valence-corrected chi connectivity index (χ2v) is 19.2. The Labute approximate surface area is 456 Å². The Bertz CT molecular complexity index is 2020. The zero-order chi connectivity index (χ0) is 59.3. The highest BCUT2D eigenvalue weighted by Crippen LogP contribution is 2.11. The number of unbranched alkanes of at least 4 members (excludes halogenated alkanes) is 3. The summed E-state index contributed by atoms with van der Waals surface area (Å²) in [4.78, 5) is 161. The van der Waals surface area contributed by atoms with Crippen molar-refractivity contribution in [2.75, 3.05) is 38.2 Å². The van der Waals surface area contributed by atoms with E-state index in [1.54, 1.807) is 6.26 Å². The number of guanidine groups is 1. The lowest BCUT2D eigenvalue weighted by Gasteiger charge is -2.28. The van der Waals surface area contributed by atoms with Crippen LogP contribution in [0.4, 0.5) is 0 Å². The number of nitrogens with zero attached hydrogens (tertiary/aromatic N) is 1. The third kappa shape index (κ3) is 31.4. The monoisotopic (exact) mass is 1130 g/mol. The number of aliphatic carboxylic acids is 3. The summed E-state index contributed by atoms with van der Waals surface area (Å²) in [6, 6.07) is -13.2. The van der Waals surface area contributed by atoms with Crippen molar-refractivity contribution in [2.45, 2.75) is 170 Å². The van der Waals surface area contributed by atoms with E-state index in [2.05, 4.69) is 47.5 Å². The van der Waals surface area contributed by atoms with Crippen LogP contribution < -0.4 is 82.7 Å². The lowest BCUT2D eigenvalue weighted by molar-refractivity contribution is -0.142. The number of aliphatic imine (C=N–C) groups is 1. The van der Waals surface area contributed by atoms with Crippen LogP contribution in [0.1, 0.15) is 116 Å². The average molecular weight is 1130 g/mol. The van der Waals surface area contributed by atoms with Gasteiger partial charge in [-0.2, -0.15) is 11.8 Å². The van der Waals surface area contributed by atoms with E-state index >= 15 is 0 Å². The van der Waals surface area contributed by atoms with Crippen LogP contribution in [0.3, 0.4) is 0 Å². The smallest absolute Gasteiger partial charge is 0.326 e. The summed E-state index contributed by atoms with van der Waals surface area (Å²) in [7, 11) is 0. The number of carboxylic acids is 3. The molecule has 78 heavy (non-hydrogen) atoms. The van der Waals surface area contributed by atoms with Crippen molar-refractivity contribution in [3.63, 3.8) is 0 Å². The highest BCUT2D eigenvalue weighted by atomic mass is 32.2. The maximum absolute atomic E-state index is 14.1. The van der Waals surface area contributed by atoms with E-state index < -0.39 is 158 Å². The van der Waals surface area contributed by atoms with Gasteiger partial charge in [-0.3, -0.25) is 57.7 Å². The fourth-order valence-electron chi connectivity index (χ4n) is 7.23. The zero-order valence-corrected chi connectivity index (χ0v) is 45.2. The summed E-state index contributed by atoms with van der Waals surface area (Å²) < 4.78 is 0. The van der Waals surface area contributed by atoms with Gasteiger partial charge in [0.1, 0.15) is 48.3 Å². The van der Waals surface area contributed by atoms with E-state index in [0.29, 0.717) is 50.8 Å². The minimum Gasteiger partial charge on any atom is -0.481 e. The molecule has 0 radical (unpaired) electrons. The van der Waals surface area contributed by atoms with E-state index in [0.717, 1.165) is 0 Å². The Hall–Kier alpha value is -6.90. The van der Waals surface area contributed by atoms with Crippen LogP contribution in [0.15, 0.2) is 4.99 Å². The number of amides is 9. The molecular weight excluding hydrogens is 1050 g/mol. The largest absolute Gasteiger partial charge is 0.481 e. The number of primary amides is 1. The molecule has 0 aromatic rings. The molecule has 0 unspecified atom stereocenters. The van der Waals surface area contributed by atoms with Crippen LogP contribution in [-0.2, 0) is 57.5 Å². The minimum absolute atomic E-state index is 0.00893. The van der Waals surface area contributed by atoms with Gasteiger partial charge in [-0.15, -0.1) is 0 Å². The fraction of sp³-hybridized carbons (Fsp3) is 0.717. The lowest BCUT2D eigenvalue weighted by Crippen LogP contribution is -2.60. The molecule has 0 bridgehead atoms. The standard InChI is InChI=1S/C46H84N16O15S/c1-25(55-38(69)26(50)10-9-22-54-46(52)53)37(68)56-29(14-16-35(64)65)42(73)62-33(24-34(51)63)44(75)59-30(15-17-36(66)67)41(72)58-27(11-3-6-19-47)39(70)57-28(12-4-7-20-48)40(71)60-31(18-23-78-2)43(74)61-32(45(76)77)13-5-8-21-49/h25-33H,3-24,47-50H2,1-2H3,(H2,51,63)(H,55,69)(H,56,68)(H,57,70)(H,58,72)(H,59,75)(H,60,71)(H,61,74)(H,62,73)(H,64,65)(H,66,67)(H,76,77)(H4,52,53,54)/t25-,26-,27-,28-,29-,30-,31-,32-,33-/m0/s1. The first kappa shape index (κ1) is 71.1. The number of thioether (sulfide) groups is 1. The number of hydrogen-bond acceptors (Lipinski definition) is 18. The van der Waals surface area contributed by atoms with Crippen molar-refractivity contribution in [1.29, 1.82) is 0 Å². The van der Waals surface area contributed by atoms with E-state index in [-0.39, 0.29) is 64.1 Å². The summed E-state index contributed by atoms with van der Waals surface area (Å²) >= 11 is 1.36. The molecule has 9 amide bonds. The molecule has 0 heterocycles. The van der Waals surface area contributed by atoms with Crippen LogP contribution in [0.25, 0.3) is 0 Å². The molecule has 31 nitrogen and oxygen atoms in total. The first-order valence-electron chi connectivity index (χ1n) is 25.6. The summed E-state index contributed by atoms with van der Waals surface area (Å²) in [6.45, 7) is 2.10. The van der Waals surface area contributed by atoms with Gasteiger partial charge in [-0.25, -0.2) is 4.79 Å². The molecule has 0 aliphatic carbocycles. The maximum Gasteiger partial charge on any atom is 0.326 e. The highest BCUT2D eigenvalue weighted by molar-refractivity contribution is 7.98. The van der Waals surface area contributed by atoms with Gasteiger partial charge in [-0.1, -0.05) is 0 Å². The second-order valence-electron chi connectivity index (χ2n) is 18.2. The van der Waals surface area contributed by atoms with Crippen LogP contribution in [-0.4, -0.2) is 185 Å². The normalized spacial score (nSPS) is 14.4. The number of rotatable bonds is 44. The number of carboxylic acid groups (broad SMARTS) is 3. The lowest BCUT2D eigenvalue weighted by atomic mass is 10.0. The molecule has 0 saturated carbocycles. The van der Waals surface area contributed by atoms with Crippen molar-refractivity contribution >= 4 is 88.8 Å². The summed E-state index contributed by atoms with van der Waals surface area (Å²) in [5, 5.41) is 48.0. The summed E-state index contributed by atoms with van der Waals surface area (Å²) in [6.07, 6.45) is 0.839. The number of carbonyl (C=O) groups is 12. The molecule has 0 fully saturated rings. The van der Waals surface area contributed by atoms with Gasteiger partial charge in [0.25, 0.3) is 0 Å². The number of nitrogens with one attached hydrogen (secondary N) is 8. The first-order valence-corrected chi connectivity index (χ1v) is 27.0. The van der Waals surface area contributed by atoms with Gasteiger partial charge in [0.15, 0.2) is 5.96 Å². The molecule has 0 aromatic heterocycles. The van der Waals surface area contributed by atoms with Crippen LogP contribution >= 0.6 is 11.8 Å². The Morgan fingerprint density at radius 1 is 0.449 bits per heavy atom. The average Bonchev–Trinajstić information content (AvgIpc) is 3.36. The van der Waals surface area contributed by atoms with E-state index in [9.17, 15) is 72.9 Å². The van der Waals surface area contributed by atoms with Gasteiger partial charge < -0.3 is 98.0 Å². The molecule has 0 aromatic carbocycles. The van der Waals surface area contributed by atoms with Crippen molar-refractivity contribution < 1.29 is 72.9 Å². The first-order chi connectivity index (χ1) is 36.8. The quantitative estimate of drug-likeness (QED) is 0.0153. The van der Waals surface area contributed by atoms with Crippen molar-refractivity contribution in [1.82, 2.24) is 42.5 Å². The predicted molar refractivity (Wildman–Crippen MR) is 286 cm³/mol.